The molecule has 1 aliphatic rings. The number of fused-ring (bicyclic) bond motifs is 1. The van der Waals surface area contributed by atoms with Gasteiger partial charge in [0.1, 0.15) is 5.75 Å². The summed E-state index contributed by atoms with van der Waals surface area (Å²) in [6.07, 6.45) is -1.22. The third kappa shape index (κ3) is 2.12. The zero-order chi connectivity index (χ0) is 11.8. The highest BCUT2D eigenvalue weighted by Gasteiger charge is 2.33. The molecule has 7 heteroatoms. The van der Waals surface area contributed by atoms with Gasteiger partial charge in [0.15, 0.2) is 6.61 Å². The van der Waals surface area contributed by atoms with Crippen molar-refractivity contribution >= 4 is 18.6 Å². The summed E-state index contributed by atoms with van der Waals surface area (Å²) in [6.45, 7) is -5.39. The Balaban J connectivity index is 2.33. The summed E-state index contributed by atoms with van der Waals surface area (Å²) in [5.41, 5.74) is 0.179. The molecule has 0 unspecified atom stereocenters. The Bertz CT molecular complexity index is 421. The molecule has 0 radical (unpaired) electrons. The first-order valence-corrected chi connectivity index (χ1v) is 4.70. The Morgan fingerprint density at radius 3 is 2.69 bits per heavy atom. The molecule has 16 heavy (non-hydrogen) atoms. The van der Waals surface area contributed by atoms with Crippen LogP contribution in [0.2, 0.25) is 0 Å². The van der Waals surface area contributed by atoms with E-state index in [0.717, 1.165) is 4.90 Å². The van der Waals surface area contributed by atoms with Gasteiger partial charge < -0.3 is 22.6 Å². The molecule has 1 aromatic carbocycles. The van der Waals surface area contributed by atoms with Gasteiger partial charge in [0.05, 0.1) is 5.69 Å². The number of halogens is 3. The summed E-state index contributed by atoms with van der Waals surface area (Å²) >= 11 is 0. The van der Waals surface area contributed by atoms with E-state index in [0.29, 0.717) is 5.75 Å². The predicted octanol–water partition coefficient (Wildman–Crippen LogP) is 1.80. The first-order valence-electron chi connectivity index (χ1n) is 4.70. The second kappa shape index (κ2) is 3.73. The number of rotatable bonds is 2. The van der Waals surface area contributed by atoms with E-state index < -0.39 is 19.3 Å². The Hall–Kier alpha value is -1.66. The number of anilines is 1. The molecule has 0 atom stereocenters. The normalized spacial score (nSPS) is 15.7. The molecular formula is C9H8BF3NO2-. The van der Waals surface area contributed by atoms with Crippen molar-refractivity contribution in [3.63, 3.8) is 0 Å². The highest BCUT2D eigenvalue weighted by Crippen LogP contribution is 2.32. The third-order valence-electron chi connectivity index (χ3n) is 2.20. The molecule has 1 aromatic rings. The summed E-state index contributed by atoms with van der Waals surface area (Å²) in [7, 11) is 0. The highest BCUT2D eigenvalue weighted by molar-refractivity contribution is 6.59. The van der Waals surface area contributed by atoms with Gasteiger partial charge in [0, 0.05) is 0 Å². The number of carbonyl (C=O) groups is 1. The summed E-state index contributed by atoms with van der Waals surface area (Å²) in [5.74, 6) is -0.361. The first-order chi connectivity index (χ1) is 7.47. The smallest absolute Gasteiger partial charge is 0.482 e. The maximum Gasteiger partial charge on any atom is 0.497 e. The Kier molecular flexibility index (Phi) is 2.53. The first kappa shape index (κ1) is 10.8. The number of benzene rings is 1. The molecule has 0 spiro atoms. The van der Waals surface area contributed by atoms with Crippen LogP contribution in [-0.4, -0.2) is 25.9 Å². The van der Waals surface area contributed by atoms with Gasteiger partial charge in [-0.2, -0.15) is 0 Å². The lowest BCUT2D eigenvalue weighted by molar-refractivity contribution is -0.121. The molecule has 2 rings (SSSR count). The van der Waals surface area contributed by atoms with E-state index in [1.807, 2.05) is 0 Å². The van der Waals surface area contributed by atoms with Crippen molar-refractivity contribution in [2.24, 2.45) is 0 Å². The van der Waals surface area contributed by atoms with Crippen molar-refractivity contribution < 1.29 is 22.5 Å². The van der Waals surface area contributed by atoms with Crippen molar-refractivity contribution in [1.29, 1.82) is 0 Å². The average Bonchev–Trinajstić information content (AvgIpc) is 2.21. The number of ether oxygens (including phenoxy) is 1. The van der Waals surface area contributed by atoms with Gasteiger partial charge in [-0.3, -0.25) is 4.79 Å². The predicted molar refractivity (Wildman–Crippen MR) is 53.4 cm³/mol. The number of para-hydroxylation sites is 2. The number of amides is 1. The van der Waals surface area contributed by atoms with Crippen LogP contribution in [0.25, 0.3) is 0 Å². The quantitative estimate of drug-likeness (QED) is 0.725. The van der Waals surface area contributed by atoms with Crippen LogP contribution < -0.4 is 9.64 Å². The van der Waals surface area contributed by atoms with Crippen LogP contribution in [0.5, 0.6) is 5.75 Å². The van der Waals surface area contributed by atoms with Gasteiger partial charge in [-0.15, -0.1) is 0 Å². The Morgan fingerprint density at radius 1 is 1.31 bits per heavy atom. The molecular weight excluding hydrogens is 222 g/mol. The van der Waals surface area contributed by atoms with Crippen molar-refractivity contribution in [1.82, 2.24) is 0 Å². The summed E-state index contributed by atoms with van der Waals surface area (Å²) in [4.78, 5) is 12.1. The number of hydrogen-bond acceptors (Lipinski definition) is 2. The van der Waals surface area contributed by atoms with E-state index in [1.165, 1.54) is 12.1 Å². The molecule has 0 aliphatic carbocycles. The van der Waals surface area contributed by atoms with E-state index >= 15 is 0 Å². The van der Waals surface area contributed by atoms with E-state index in [4.69, 9.17) is 4.74 Å². The number of nitrogens with zero attached hydrogens (tertiary/aromatic N) is 1. The van der Waals surface area contributed by atoms with Crippen LogP contribution in [0.1, 0.15) is 0 Å². The maximum atomic E-state index is 12.3. The molecule has 1 aliphatic heterocycles. The molecule has 0 fully saturated rings. The SMILES string of the molecule is O=C1COc2ccccc2N1C[B-](F)(F)F. The monoisotopic (exact) mass is 230 g/mol. The highest BCUT2D eigenvalue weighted by atomic mass is 19.4. The molecule has 1 heterocycles. The maximum absolute atomic E-state index is 12.3. The van der Waals surface area contributed by atoms with Crippen molar-refractivity contribution in [3.05, 3.63) is 24.3 Å². The van der Waals surface area contributed by atoms with Crippen LogP contribution >= 0.6 is 0 Å². The minimum atomic E-state index is -5.04. The minimum absolute atomic E-state index is 0.179. The van der Waals surface area contributed by atoms with Crippen LogP contribution in [0.4, 0.5) is 18.6 Å². The molecule has 0 bridgehead atoms. The van der Waals surface area contributed by atoms with Crippen LogP contribution in [-0.2, 0) is 4.79 Å². The molecule has 1 amide bonds. The number of carbonyl (C=O) groups excluding carboxylic acids is 1. The largest absolute Gasteiger partial charge is 0.497 e. The lowest BCUT2D eigenvalue weighted by Gasteiger charge is -2.32. The van der Waals surface area contributed by atoms with E-state index in [-0.39, 0.29) is 12.3 Å². The second-order valence-electron chi connectivity index (χ2n) is 3.47. The summed E-state index contributed by atoms with van der Waals surface area (Å²) in [5, 5.41) is 0. The molecule has 0 saturated carbocycles. The second-order valence-corrected chi connectivity index (χ2v) is 3.47. The average molecular weight is 230 g/mol. The van der Waals surface area contributed by atoms with Gasteiger partial charge in [0.2, 0.25) is 0 Å². The van der Waals surface area contributed by atoms with Gasteiger partial charge >= 0.3 is 6.98 Å². The standard InChI is InChI=1S/C9H8BF3NO2/c11-10(12,13)6-14-7-3-1-2-4-8(7)16-5-9(14)15/h1-4H,5-6H2/q-1. The van der Waals surface area contributed by atoms with Crippen molar-refractivity contribution in [2.75, 3.05) is 18.0 Å². The van der Waals surface area contributed by atoms with Gasteiger partial charge in [-0.25, -0.2) is 0 Å². The number of hydrogen-bond donors (Lipinski definition) is 0. The van der Waals surface area contributed by atoms with E-state index in [1.54, 1.807) is 12.1 Å². The topological polar surface area (TPSA) is 29.5 Å². The summed E-state index contributed by atoms with van der Waals surface area (Å²) < 4.78 is 42.0. The zero-order valence-corrected chi connectivity index (χ0v) is 8.20. The molecule has 0 N–H and O–H groups in total. The molecule has 3 nitrogen and oxygen atoms in total. The fourth-order valence-electron chi connectivity index (χ4n) is 1.56. The molecule has 0 aromatic heterocycles. The van der Waals surface area contributed by atoms with Crippen molar-refractivity contribution in [2.45, 2.75) is 0 Å². The van der Waals surface area contributed by atoms with Gasteiger partial charge in [-0.05, 0) is 18.6 Å². The van der Waals surface area contributed by atoms with Crippen molar-refractivity contribution in [3.8, 4) is 5.75 Å². The third-order valence-corrected chi connectivity index (χ3v) is 2.20. The summed E-state index contributed by atoms with van der Waals surface area (Å²) in [6, 6.07) is 6.19. The Morgan fingerprint density at radius 2 is 2.00 bits per heavy atom. The van der Waals surface area contributed by atoms with E-state index in [2.05, 4.69) is 0 Å². The fourth-order valence-corrected chi connectivity index (χ4v) is 1.56. The van der Waals surface area contributed by atoms with E-state index in [9.17, 15) is 17.7 Å². The fraction of sp³-hybridized carbons (Fsp3) is 0.222. The molecule has 86 valence electrons. The lowest BCUT2D eigenvalue weighted by Crippen LogP contribution is -2.46. The Labute approximate surface area is 89.9 Å². The van der Waals surface area contributed by atoms with Crippen LogP contribution in [0.3, 0.4) is 0 Å². The van der Waals surface area contributed by atoms with Gasteiger partial charge in [-0.1, -0.05) is 12.1 Å². The van der Waals surface area contributed by atoms with Crippen LogP contribution in [0.15, 0.2) is 24.3 Å². The zero-order valence-electron chi connectivity index (χ0n) is 8.20. The van der Waals surface area contributed by atoms with Crippen LogP contribution in [0, 0.1) is 0 Å². The minimum Gasteiger partial charge on any atom is -0.482 e. The lowest BCUT2D eigenvalue weighted by atomic mass is 9.90. The molecule has 0 saturated heterocycles. The van der Waals surface area contributed by atoms with Gasteiger partial charge in [0.25, 0.3) is 5.91 Å².